The lowest BCUT2D eigenvalue weighted by Gasteiger charge is -2.15. The lowest BCUT2D eigenvalue weighted by Crippen LogP contribution is -2.25. The molecule has 0 aliphatic carbocycles. The molecule has 0 atom stereocenters. The minimum atomic E-state index is -3.15. The van der Waals surface area contributed by atoms with Gasteiger partial charge in [0.2, 0.25) is 0 Å². The van der Waals surface area contributed by atoms with Gasteiger partial charge in [-0.25, -0.2) is 12.8 Å². The molecule has 0 aliphatic heterocycles. The zero-order valence-corrected chi connectivity index (χ0v) is 11.3. The minimum Gasteiger partial charge on any atom is -0.278 e. The first-order valence-corrected chi connectivity index (χ1v) is 7.42. The van der Waals surface area contributed by atoms with Crippen molar-refractivity contribution in [1.82, 2.24) is 0 Å². The second-order valence-corrected chi connectivity index (χ2v) is 6.47. The predicted molar refractivity (Wildman–Crippen MR) is 68.7 cm³/mol. The van der Waals surface area contributed by atoms with Gasteiger partial charge in [0.05, 0.1) is 16.5 Å². The van der Waals surface area contributed by atoms with Crippen molar-refractivity contribution in [3.8, 4) is 6.19 Å². The van der Waals surface area contributed by atoms with Crippen LogP contribution in [0, 0.1) is 17.3 Å². The third kappa shape index (κ3) is 3.86. The number of benzene rings is 1. The van der Waals surface area contributed by atoms with Crippen molar-refractivity contribution in [2.24, 2.45) is 0 Å². The van der Waals surface area contributed by atoms with Gasteiger partial charge in [0, 0.05) is 12.3 Å². The van der Waals surface area contributed by atoms with Crippen LogP contribution in [0.3, 0.4) is 0 Å². The Bertz CT molecular complexity index is 569. The smallest absolute Gasteiger partial charge is 0.184 e. The van der Waals surface area contributed by atoms with Crippen LogP contribution in [0.2, 0.25) is 5.02 Å². The Kier molecular flexibility index (Phi) is 4.93. The first-order valence-electron chi connectivity index (χ1n) is 5.22. The maximum atomic E-state index is 13.0. The Hall–Kier alpha value is -1.32. The van der Waals surface area contributed by atoms with Crippen molar-refractivity contribution in [3.63, 3.8) is 0 Å². The second-order valence-electron chi connectivity index (χ2n) is 3.59. The normalized spacial score (nSPS) is 11.0. The van der Waals surface area contributed by atoms with Gasteiger partial charge in [-0.05, 0) is 18.2 Å². The van der Waals surface area contributed by atoms with Crippen LogP contribution in [0.25, 0.3) is 0 Å². The van der Waals surface area contributed by atoms with Crippen LogP contribution >= 0.6 is 11.6 Å². The number of hydrogen-bond acceptors (Lipinski definition) is 4. The van der Waals surface area contributed by atoms with Crippen LogP contribution in [-0.4, -0.2) is 26.5 Å². The summed E-state index contributed by atoms with van der Waals surface area (Å²) in [4.78, 5) is 1.17. The fraction of sp³-hybridized carbons (Fsp3) is 0.364. The van der Waals surface area contributed by atoms with E-state index in [1.807, 2.05) is 6.19 Å². The molecule has 0 unspecified atom stereocenters. The van der Waals surface area contributed by atoms with Gasteiger partial charge in [0.1, 0.15) is 5.82 Å². The first-order chi connectivity index (χ1) is 8.39. The monoisotopic (exact) mass is 290 g/mol. The van der Waals surface area contributed by atoms with Crippen molar-refractivity contribution in [3.05, 3.63) is 29.0 Å². The molecule has 1 rings (SSSR count). The molecule has 0 N–H and O–H groups in total. The van der Waals surface area contributed by atoms with E-state index in [1.54, 1.807) is 6.92 Å². The summed E-state index contributed by atoms with van der Waals surface area (Å²) in [6.45, 7) is 1.56. The third-order valence-corrected chi connectivity index (χ3v) is 4.38. The number of anilines is 1. The average Bonchev–Trinajstić information content (AvgIpc) is 2.34. The number of hydrogen-bond donors (Lipinski definition) is 0. The van der Waals surface area contributed by atoms with Crippen LogP contribution in [-0.2, 0) is 9.84 Å². The molecule has 0 amide bonds. The summed E-state index contributed by atoms with van der Waals surface area (Å²) in [5, 5.41) is 8.85. The van der Waals surface area contributed by atoms with Crippen LogP contribution in [0.5, 0.6) is 0 Å². The van der Waals surface area contributed by atoms with Crippen molar-refractivity contribution < 1.29 is 12.8 Å². The molecule has 1 aromatic carbocycles. The summed E-state index contributed by atoms with van der Waals surface area (Å²) in [5.41, 5.74) is 0.371. The summed E-state index contributed by atoms with van der Waals surface area (Å²) in [6.07, 6.45) is 1.85. The molecule has 0 aliphatic rings. The van der Waals surface area contributed by atoms with Crippen molar-refractivity contribution >= 4 is 27.1 Å². The number of nitriles is 1. The molecule has 4 nitrogen and oxygen atoms in total. The van der Waals surface area contributed by atoms with Crippen LogP contribution < -0.4 is 4.90 Å². The molecule has 18 heavy (non-hydrogen) atoms. The number of nitrogens with zero attached hydrogens (tertiary/aromatic N) is 2. The Morgan fingerprint density at radius 3 is 2.67 bits per heavy atom. The summed E-state index contributed by atoms with van der Waals surface area (Å²) in [5.74, 6) is -0.692. The standard InChI is InChI=1S/C11H12ClFN2O2S/c1-2-18(16,17)6-5-15(8-14)9-3-4-11(13)10(12)7-9/h3-4,7H,2,5-6H2,1H3. The van der Waals surface area contributed by atoms with Gasteiger partial charge < -0.3 is 0 Å². The zero-order valence-electron chi connectivity index (χ0n) is 9.73. The molecule has 98 valence electrons. The molecule has 1 aromatic rings. The molecule has 7 heteroatoms. The van der Waals surface area contributed by atoms with Crippen molar-refractivity contribution in [2.45, 2.75) is 6.92 Å². The molecule has 0 spiro atoms. The highest BCUT2D eigenvalue weighted by atomic mass is 35.5. The molecule has 0 saturated carbocycles. The summed E-state index contributed by atoms with van der Waals surface area (Å²) in [6, 6.07) is 3.80. The molecule has 0 aromatic heterocycles. The summed E-state index contributed by atoms with van der Waals surface area (Å²) in [7, 11) is -3.15. The molecule has 0 fully saturated rings. The lowest BCUT2D eigenvalue weighted by atomic mass is 10.3. The van der Waals surface area contributed by atoms with Gasteiger partial charge >= 0.3 is 0 Å². The Morgan fingerprint density at radius 2 is 2.17 bits per heavy atom. The van der Waals surface area contributed by atoms with Crippen molar-refractivity contribution in [1.29, 1.82) is 5.26 Å². The fourth-order valence-corrected chi connectivity index (χ4v) is 2.19. The highest BCUT2D eigenvalue weighted by Crippen LogP contribution is 2.22. The number of rotatable bonds is 5. The first kappa shape index (κ1) is 14.7. The van der Waals surface area contributed by atoms with Crippen LogP contribution in [0.4, 0.5) is 10.1 Å². The molecule has 0 heterocycles. The molecule has 0 radical (unpaired) electrons. The maximum Gasteiger partial charge on any atom is 0.184 e. The van der Waals surface area contributed by atoms with Crippen molar-refractivity contribution in [2.75, 3.05) is 23.0 Å². The predicted octanol–water partition coefficient (Wildman–Crippen LogP) is 2.20. The summed E-state index contributed by atoms with van der Waals surface area (Å²) >= 11 is 5.60. The largest absolute Gasteiger partial charge is 0.278 e. The quantitative estimate of drug-likeness (QED) is 0.616. The molecule has 0 bridgehead atoms. The van der Waals surface area contributed by atoms with Crippen LogP contribution in [0.15, 0.2) is 18.2 Å². The van der Waals surface area contributed by atoms with E-state index in [4.69, 9.17) is 16.9 Å². The van der Waals surface area contributed by atoms with Gasteiger partial charge in [-0.1, -0.05) is 18.5 Å². The van der Waals surface area contributed by atoms with E-state index in [0.29, 0.717) is 5.69 Å². The van der Waals surface area contributed by atoms with Gasteiger partial charge in [0.15, 0.2) is 16.0 Å². The van der Waals surface area contributed by atoms with Gasteiger partial charge in [-0.15, -0.1) is 0 Å². The molecular formula is C11H12ClFN2O2S. The Morgan fingerprint density at radius 1 is 1.50 bits per heavy atom. The van der Waals surface area contributed by atoms with E-state index < -0.39 is 15.7 Å². The number of halogens is 2. The highest BCUT2D eigenvalue weighted by molar-refractivity contribution is 7.91. The van der Waals surface area contributed by atoms with E-state index in [-0.39, 0.29) is 23.1 Å². The van der Waals surface area contributed by atoms with Gasteiger partial charge in [0.25, 0.3) is 0 Å². The Balaban J connectivity index is 2.85. The SMILES string of the molecule is CCS(=O)(=O)CCN(C#N)c1ccc(F)c(Cl)c1. The minimum absolute atomic E-state index is 0.0225. The van der Waals surface area contributed by atoms with E-state index in [1.165, 1.54) is 17.0 Å². The highest BCUT2D eigenvalue weighted by Gasteiger charge is 2.13. The lowest BCUT2D eigenvalue weighted by molar-refractivity contribution is 0.596. The van der Waals surface area contributed by atoms with Gasteiger partial charge in [-0.3, -0.25) is 4.90 Å². The third-order valence-electron chi connectivity index (χ3n) is 2.40. The number of sulfone groups is 1. The fourth-order valence-electron chi connectivity index (χ4n) is 1.26. The average molecular weight is 291 g/mol. The summed E-state index contributed by atoms with van der Waals surface area (Å²) < 4.78 is 35.7. The van der Waals surface area contributed by atoms with E-state index in [2.05, 4.69) is 0 Å². The van der Waals surface area contributed by atoms with E-state index >= 15 is 0 Å². The van der Waals surface area contributed by atoms with E-state index in [9.17, 15) is 12.8 Å². The Labute approximate surface area is 111 Å². The van der Waals surface area contributed by atoms with Gasteiger partial charge in [-0.2, -0.15) is 5.26 Å². The topological polar surface area (TPSA) is 61.2 Å². The maximum absolute atomic E-state index is 13.0. The second kappa shape index (κ2) is 6.03. The van der Waals surface area contributed by atoms with E-state index in [0.717, 1.165) is 6.07 Å². The molecule has 0 saturated heterocycles. The zero-order chi connectivity index (χ0) is 13.8. The molecular weight excluding hydrogens is 279 g/mol. The van der Waals surface area contributed by atoms with Crippen LogP contribution in [0.1, 0.15) is 6.92 Å².